The Balaban J connectivity index is 1.91. The molecule has 0 aliphatic carbocycles. The van der Waals surface area contributed by atoms with E-state index in [9.17, 15) is 4.79 Å². The zero-order valence-corrected chi connectivity index (χ0v) is 12.8. The highest BCUT2D eigenvalue weighted by Crippen LogP contribution is 2.19. The Morgan fingerprint density at radius 3 is 3.10 bits per heavy atom. The number of nitrogens with one attached hydrogen (secondary N) is 2. The molecule has 1 atom stereocenters. The quantitative estimate of drug-likeness (QED) is 0.874. The van der Waals surface area contributed by atoms with Gasteiger partial charge in [-0.2, -0.15) is 11.8 Å². The average Bonchev–Trinajstić information content (AvgIpc) is 2.46. The predicted octanol–water partition coefficient (Wildman–Crippen LogP) is 2.26. The molecule has 2 N–H and O–H groups in total. The van der Waals surface area contributed by atoms with E-state index in [1.54, 1.807) is 0 Å². The largest absolute Gasteiger partial charge is 0.378 e. The van der Waals surface area contributed by atoms with Gasteiger partial charge in [0.05, 0.1) is 13.2 Å². The normalized spacial score (nSPS) is 19.1. The van der Waals surface area contributed by atoms with Crippen LogP contribution in [0.25, 0.3) is 0 Å². The molecule has 0 spiro atoms. The average molecular weight is 294 g/mol. The maximum absolute atomic E-state index is 12.1. The molecule has 20 heavy (non-hydrogen) atoms. The van der Waals surface area contributed by atoms with E-state index in [-0.39, 0.29) is 11.9 Å². The molecule has 1 aromatic carbocycles. The topological polar surface area (TPSA) is 50.4 Å². The molecule has 1 heterocycles. The van der Waals surface area contributed by atoms with Crippen molar-refractivity contribution in [3.63, 3.8) is 0 Å². The smallest absolute Gasteiger partial charge is 0.243 e. The van der Waals surface area contributed by atoms with E-state index in [4.69, 9.17) is 4.74 Å². The van der Waals surface area contributed by atoms with Gasteiger partial charge in [0.1, 0.15) is 6.04 Å². The summed E-state index contributed by atoms with van der Waals surface area (Å²) in [7, 11) is 0. The lowest BCUT2D eigenvalue weighted by Gasteiger charge is -2.23. The van der Waals surface area contributed by atoms with Crippen LogP contribution in [0.1, 0.15) is 19.4 Å². The molecule has 1 saturated heterocycles. The second-order valence-electron chi connectivity index (χ2n) is 5.13. The van der Waals surface area contributed by atoms with Crippen molar-refractivity contribution in [2.24, 2.45) is 0 Å². The van der Waals surface area contributed by atoms with E-state index in [1.807, 2.05) is 30.0 Å². The molecule has 1 aliphatic rings. The minimum Gasteiger partial charge on any atom is -0.378 e. The van der Waals surface area contributed by atoms with Crippen LogP contribution in [-0.4, -0.2) is 37.0 Å². The summed E-state index contributed by atoms with van der Waals surface area (Å²) in [5.41, 5.74) is 2.08. The van der Waals surface area contributed by atoms with Crippen molar-refractivity contribution >= 4 is 23.4 Å². The van der Waals surface area contributed by atoms with Crippen LogP contribution in [0.4, 0.5) is 5.69 Å². The number of anilines is 1. The van der Waals surface area contributed by atoms with Gasteiger partial charge in [-0.15, -0.1) is 0 Å². The lowest BCUT2D eigenvalue weighted by atomic mass is 10.2. The lowest BCUT2D eigenvalue weighted by molar-refractivity contribution is -0.120. The second-order valence-corrected chi connectivity index (χ2v) is 6.70. The lowest BCUT2D eigenvalue weighted by Crippen LogP contribution is -2.48. The molecule has 0 bridgehead atoms. The summed E-state index contributed by atoms with van der Waals surface area (Å²) < 4.78 is 5.30. The summed E-state index contributed by atoms with van der Waals surface area (Å²) in [6.45, 7) is 6.21. The summed E-state index contributed by atoms with van der Waals surface area (Å²) in [6, 6.07) is 7.78. The Labute approximate surface area is 124 Å². The van der Waals surface area contributed by atoms with E-state index in [0.29, 0.717) is 18.5 Å². The predicted molar refractivity (Wildman–Crippen MR) is 84.1 cm³/mol. The second kappa shape index (κ2) is 7.67. The minimum absolute atomic E-state index is 0.0293. The third kappa shape index (κ3) is 4.81. The Kier molecular flexibility index (Phi) is 5.88. The molecule has 5 heteroatoms. The maximum Gasteiger partial charge on any atom is 0.243 e. The zero-order valence-electron chi connectivity index (χ0n) is 12.0. The number of ether oxygens (including phenoxy) is 1. The van der Waals surface area contributed by atoms with Crippen molar-refractivity contribution < 1.29 is 9.53 Å². The van der Waals surface area contributed by atoms with Gasteiger partial charge >= 0.3 is 0 Å². The summed E-state index contributed by atoms with van der Waals surface area (Å²) in [4.78, 5) is 12.1. The number of rotatable bonds is 5. The number of thioether (sulfide) groups is 1. The Hall–Kier alpha value is -1.04. The van der Waals surface area contributed by atoms with Crippen LogP contribution in [-0.2, 0) is 15.3 Å². The van der Waals surface area contributed by atoms with Gasteiger partial charge in [0, 0.05) is 18.0 Å². The molecule has 2 rings (SSSR count). The summed E-state index contributed by atoms with van der Waals surface area (Å²) >= 11 is 1.89. The summed E-state index contributed by atoms with van der Waals surface area (Å²) in [5.74, 6) is 0.935. The van der Waals surface area contributed by atoms with Crippen molar-refractivity contribution in [3.8, 4) is 0 Å². The SMILES string of the molecule is CC(C)SCc1cccc(NC(=O)[C@H]2COCCN2)c1. The molecule has 0 unspecified atom stereocenters. The third-order valence-electron chi connectivity index (χ3n) is 3.02. The maximum atomic E-state index is 12.1. The van der Waals surface area contributed by atoms with E-state index < -0.39 is 0 Å². The van der Waals surface area contributed by atoms with E-state index in [1.165, 1.54) is 5.56 Å². The van der Waals surface area contributed by atoms with E-state index in [0.717, 1.165) is 18.0 Å². The molecule has 4 nitrogen and oxygen atoms in total. The van der Waals surface area contributed by atoms with Gasteiger partial charge < -0.3 is 15.4 Å². The highest BCUT2D eigenvalue weighted by molar-refractivity contribution is 7.99. The van der Waals surface area contributed by atoms with Crippen LogP contribution in [0.2, 0.25) is 0 Å². The van der Waals surface area contributed by atoms with Gasteiger partial charge in [0.15, 0.2) is 0 Å². The molecular formula is C15H22N2O2S. The highest BCUT2D eigenvalue weighted by Gasteiger charge is 2.21. The molecule has 1 amide bonds. The van der Waals surface area contributed by atoms with Gasteiger partial charge in [-0.05, 0) is 22.9 Å². The van der Waals surface area contributed by atoms with E-state index >= 15 is 0 Å². The first-order chi connectivity index (χ1) is 9.65. The number of benzene rings is 1. The molecule has 110 valence electrons. The fraction of sp³-hybridized carbons (Fsp3) is 0.533. The van der Waals surface area contributed by atoms with E-state index in [2.05, 4.69) is 30.5 Å². The summed E-state index contributed by atoms with van der Waals surface area (Å²) in [5, 5.41) is 6.71. The van der Waals surface area contributed by atoms with Crippen molar-refractivity contribution in [2.75, 3.05) is 25.1 Å². The molecule has 0 saturated carbocycles. The number of morpholine rings is 1. The number of carbonyl (C=O) groups excluding carboxylic acids is 1. The fourth-order valence-corrected chi connectivity index (χ4v) is 2.67. The standard InChI is InChI=1S/C15H22N2O2S/c1-11(2)20-10-12-4-3-5-13(8-12)17-15(18)14-9-19-7-6-16-14/h3-5,8,11,14,16H,6-7,9-10H2,1-2H3,(H,17,18)/t14-/m1/s1. The van der Waals surface area contributed by atoms with Gasteiger partial charge in [0.25, 0.3) is 0 Å². The van der Waals surface area contributed by atoms with Gasteiger partial charge in [-0.3, -0.25) is 4.79 Å². The van der Waals surface area contributed by atoms with Crippen LogP contribution in [0.15, 0.2) is 24.3 Å². The first kappa shape index (κ1) is 15.4. The highest BCUT2D eigenvalue weighted by atomic mass is 32.2. The van der Waals surface area contributed by atoms with Crippen LogP contribution in [0.3, 0.4) is 0 Å². The minimum atomic E-state index is -0.252. The van der Waals surface area contributed by atoms with Crippen molar-refractivity contribution in [1.82, 2.24) is 5.32 Å². The van der Waals surface area contributed by atoms with Crippen molar-refractivity contribution in [1.29, 1.82) is 0 Å². The zero-order chi connectivity index (χ0) is 14.4. The Morgan fingerprint density at radius 1 is 1.55 bits per heavy atom. The molecular weight excluding hydrogens is 272 g/mol. The Morgan fingerprint density at radius 2 is 2.40 bits per heavy atom. The fourth-order valence-electron chi connectivity index (χ4n) is 1.96. The van der Waals surface area contributed by atoms with Crippen LogP contribution >= 0.6 is 11.8 Å². The van der Waals surface area contributed by atoms with Crippen molar-refractivity contribution in [3.05, 3.63) is 29.8 Å². The summed E-state index contributed by atoms with van der Waals surface area (Å²) in [6.07, 6.45) is 0. The van der Waals surface area contributed by atoms with Crippen molar-refractivity contribution in [2.45, 2.75) is 30.9 Å². The Bertz CT molecular complexity index is 445. The molecule has 0 radical (unpaired) electrons. The van der Waals surface area contributed by atoms with Gasteiger partial charge in [-0.25, -0.2) is 0 Å². The van der Waals surface area contributed by atoms with Gasteiger partial charge in [-0.1, -0.05) is 26.0 Å². The van der Waals surface area contributed by atoms with Crippen LogP contribution < -0.4 is 10.6 Å². The number of hydrogen-bond acceptors (Lipinski definition) is 4. The number of carbonyl (C=O) groups is 1. The molecule has 1 aliphatic heterocycles. The molecule has 1 aromatic rings. The molecule has 0 aromatic heterocycles. The van der Waals surface area contributed by atoms with Crippen LogP contribution in [0, 0.1) is 0 Å². The van der Waals surface area contributed by atoms with Crippen LogP contribution in [0.5, 0.6) is 0 Å². The number of amides is 1. The monoisotopic (exact) mass is 294 g/mol. The molecule has 1 fully saturated rings. The first-order valence-electron chi connectivity index (χ1n) is 6.97. The number of hydrogen-bond donors (Lipinski definition) is 2. The first-order valence-corrected chi connectivity index (χ1v) is 8.02. The van der Waals surface area contributed by atoms with Gasteiger partial charge in [0.2, 0.25) is 5.91 Å². The third-order valence-corrected chi connectivity index (χ3v) is 4.18.